The van der Waals surface area contributed by atoms with Gasteiger partial charge in [-0.15, -0.1) is 0 Å². The molecule has 7 nitrogen and oxygen atoms in total. The molecule has 1 aromatic carbocycles. The lowest BCUT2D eigenvalue weighted by Crippen LogP contribution is -2.28. The van der Waals surface area contributed by atoms with Gasteiger partial charge in [0.2, 0.25) is 0 Å². The van der Waals surface area contributed by atoms with Crippen molar-refractivity contribution in [2.75, 3.05) is 0 Å². The van der Waals surface area contributed by atoms with Gasteiger partial charge in [0.05, 0.1) is 6.54 Å². The third kappa shape index (κ3) is 3.52. The van der Waals surface area contributed by atoms with Crippen molar-refractivity contribution in [1.82, 2.24) is 20.3 Å². The summed E-state index contributed by atoms with van der Waals surface area (Å²) >= 11 is 5.85. The second kappa shape index (κ2) is 6.67. The number of aryl methyl sites for hydroxylation is 1. The Bertz CT molecular complexity index is 931. The average molecular weight is 345 g/mol. The van der Waals surface area contributed by atoms with Gasteiger partial charge in [-0.1, -0.05) is 16.8 Å². The quantitative estimate of drug-likeness (QED) is 0.782. The van der Waals surface area contributed by atoms with E-state index in [2.05, 4.69) is 15.6 Å². The number of carbonyl (C=O) groups excluding carboxylic acids is 1. The lowest BCUT2D eigenvalue weighted by molar-refractivity contribution is 0.0943. The van der Waals surface area contributed by atoms with Gasteiger partial charge >= 0.3 is 0 Å². The van der Waals surface area contributed by atoms with Crippen LogP contribution in [-0.2, 0) is 13.6 Å². The van der Waals surface area contributed by atoms with Crippen molar-refractivity contribution >= 4 is 17.5 Å². The van der Waals surface area contributed by atoms with Crippen molar-refractivity contribution in [2.45, 2.75) is 6.54 Å². The summed E-state index contributed by atoms with van der Waals surface area (Å²) in [5, 5.41) is 11.1. The number of carbonyl (C=O) groups is 1. The molecule has 8 heteroatoms. The molecular formula is C16H13ClN4O3. The molecule has 0 saturated carbocycles. The van der Waals surface area contributed by atoms with Crippen molar-refractivity contribution in [3.05, 3.63) is 69.2 Å². The van der Waals surface area contributed by atoms with E-state index in [1.807, 2.05) is 12.1 Å². The van der Waals surface area contributed by atoms with E-state index in [-0.39, 0.29) is 17.8 Å². The number of rotatable bonds is 4. The maximum Gasteiger partial charge on any atom is 0.272 e. The van der Waals surface area contributed by atoms with E-state index in [0.29, 0.717) is 16.5 Å². The second-order valence-corrected chi connectivity index (χ2v) is 5.49. The first-order chi connectivity index (χ1) is 11.5. The molecule has 2 heterocycles. The molecule has 3 aromatic rings. The van der Waals surface area contributed by atoms with E-state index in [1.54, 1.807) is 18.2 Å². The van der Waals surface area contributed by atoms with Crippen LogP contribution in [0.2, 0.25) is 5.02 Å². The Labute approximate surface area is 141 Å². The van der Waals surface area contributed by atoms with Gasteiger partial charge in [0.25, 0.3) is 11.5 Å². The van der Waals surface area contributed by atoms with Gasteiger partial charge < -0.3 is 9.84 Å². The van der Waals surface area contributed by atoms with Gasteiger partial charge in [-0.3, -0.25) is 9.59 Å². The molecule has 0 aliphatic rings. The number of amides is 1. The van der Waals surface area contributed by atoms with Gasteiger partial charge in [-0.2, -0.15) is 5.10 Å². The lowest BCUT2D eigenvalue weighted by Gasteiger charge is -2.03. The first kappa shape index (κ1) is 15.9. The molecule has 0 saturated heterocycles. The highest BCUT2D eigenvalue weighted by atomic mass is 35.5. The molecule has 3 rings (SSSR count). The SMILES string of the molecule is Cn1nc(C(=O)NCc2cc(-c3ccc(Cl)cc3)on2)ccc1=O. The van der Waals surface area contributed by atoms with Crippen LogP contribution in [0.3, 0.4) is 0 Å². The molecule has 0 radical (unpaired) electrons. The zero-order valence-corrected chi connectivity index (χ0v) is 13.4. The second-order valence-electron chi connectivity index (χ2n) is 5.05. The molecule has 0 aliphatic heterocycles. The molecule has 0 bridgehead atoms. The normalized spacial score (nSPS) is 10.6. The van der Waals surface area contributed by atoms with Gasteiger partial charge in [0, 0.05) is 29.8 Å². The Morgan fingerprint density at radius 1 is 1.25 bits per heavy atom. The standard InChI is InChI=1S/C16H13ClN4O3/c1-21-15(22)7-6-13(19-21)16(23)18-9-12-8-14(24-20-12)10-2-4-11(17)5-3-10/h2-8H,9H2,1H3,(H,18,23). The summed E-state index contributed by atoms with van der Waals surface area (Å²) in [5.41, 5.74) is 1.27. The highest BCUT2D eigenvalue weighted by molar-refractivity contribution is 6.30. The van der Waals surface area contributed by atoms with E-state index in [1.165, 1.54) is 19.2 Å². The topological polar surface area (TPSA) is 90.0 Å². The number of aromatic nitrogens is 3. The average Bonchev–Trinajstić information content (AvgIpc) is 3.05. The summed E-state index contributed by atoms with van der Waals surface area (Å²) in [4.78, 5) is 23.3. The number of halogens is 1. The summed E-state index contributed by atoms with van der Waals surface area (Å²) in [6.45, 7) is 0.181. The molecule has 122 valence electrons. The fourth-order valence-corrected chi connectivity index (χ4v) is 2.16. The largest absolute Gasteiger partial charge is 0.356 e. The highest BCUT2D eigenvalue weighted by Crippen LogP contribution is 2.22. The molecular weight excluding hydrogens is 332 g/mol. The predicted octanol–water partition coefficient (Wildman–Crippen LogP) is 2.02. The monoisotopic (exact) mass is 344 g/mol. The zero-order valence-electron chi connectivity index (χ0n) is 12.7. The molecule has 0 atom stereocenters. The van der Waals surface area contributed by atoms with E-state index in [4.69, 9.17) is 16.1 Å². The smallest absolute Gasteiger partial charge is 0.272 e. The predicted molar refractivity (Wildman–Crippen MR) is 87.6 cm³/mol. The van der Waals surface area contributed by atoms with E-state index in [9.17, 15) is 9.59 Å². The number of hydrogen-bond donors (Lipinski definition) is 1. The number of nitrogens with zero attached hydrogens (tertiary/aromatic N) is 3. The summed E-state index contributed by atoms with van der Waals surface area (Å²) in [5.74, 6) is 0.179. The zero-order chi connectivity index (χ0) is 17.1. The van der Waals surface area contributed by atoms with E-state index >= 15 is 0 Å². The molecule has 1 N–H and O–H groups in total. The Balaban J connectivity index is 1.66. The Kier molecular flexibility index (Phi) is 4.43. The van der Waals surface area contributed by atoms with Crippen LogP contribution < -0.4 is 10.9 Å². The van der Waals surface area contributed by atoms with Gasteiger partial charge in [0.1, 0.15) is 11.4 Å². The Hall–Kier alpha value is -2.93. The van der Waals surface area contributed by atoms with Gasteiger partial charge in [-0.05, 0) is 30.3 Å². The molecule has 2 aromatic heterocycles. The summed E-state index contributed by atoms with van der Waals surface area (Å²) < 4.78 is 6.36. The minimum Gasteiger partial charge on any atom is -0.356 e. The fourth-order valence-electron chi connectivity index (χ4n) is 2.03. The van der Waals surface area contributed by atoms with Gasteiger partial charge in [0.15, 0.2) is 5.76 Å². The number of benzene rings is 1. The maximum atomic E-state index is 12.0. The van der Waals surface area contributed by atoms with Crippen LogP contribution in [0.5, 0.6) is 0 Å². The first-order valence-electron chi connectivity index (χ1n) is 7.07. The third-order valence-electron chi connectivity index (χ3n) is 3.31. The highest BCUT2D eigenvalue weighted by Gasteiger charge is 2.11. The van der Waals surface area contributed by atoms with Gasteiger partial charge in [-0.25, -0.2) is 4.68 Å². The Morgan fingerprint density at radius 2 is 2.00 bits per heavy atom. The summed E-state index contributed by atoms with van der Waals surface area (Å²) in [6, 6.07) is 11.5. The fraction of sp³-hybridized carbons (Fsp3) is 0.125. The molecule has 0 aliphatic carbocycles. The van der Waals surface area contributed by atoms with Crippen LogP contribution in [0.4, 0.5) is 0 Å². The van der Waals surface area contributed by atoms with Crippen LogP contribution in [0.25, 0.3) is 11.3 Å². The summed E-state index contributed by atoms with van der Waals surface area (Å²) in [7, 11) is 1.48. The molecule has 0 fully saturated rings. The van der Waals surface area contributed by atoms with Crippen molar-refractivity contribution in [3.8, 4) is 11.3 Å². The van der Waals surface area contributed by atoms with Crippen molar-refractivity contribution in [2.24, 2.45) is 7.05 Å². The lowest BCUT2D eigenvalue weighted by atomic mass is 10.1. The maximum absolute atomic E-state index is 12.0. The van der Waals surface area contributed by atoms with Crippen LogP contribution >= 0.6 is 11.6 Å². The minimum absolute atomic E-state index is 0.151. The molecule has 0 unspecified atom stereocenters. The van der Waals surface area contributed by atoms with E-state index in [0.717, 1.165) is 10.2 Å². The van der Waals surface area contributed by atoms with Crippen molar-refractivity contribution < 1.29 is 9.32 Å². The molecule has 1 amide bonds. The van der Waals surface area contributed by atoms with Crippen LogP contribution in [0.1, 0.15) is 16.2 Å². The Morgan fingerprint density at radius 3 is 2.71 bits per heavy atom. The number of hydrogen-bond acceptors (Lipinski definition) is 5. The van der Waals surface area contributed by atoms with E-state index < -0.39 is 5.91 Å². The molecule has 0 spiro atoms. The third-order valence-corrected chi connectivity index (χ3v) is 3.56. The first-order valence-corrected chi connectivity index (χ1v) is 7.45. The van der Waals surface area contributed by atoms with Crippen LogP contribution in [-0.4, -0.2) is 20.8 Å². The number of nitrogens with one attached hydrogen (secondary N) is 1. The van der Waals surface area contributed by atoms with Crippen molar-refractivity contribution in [1.29, 1.82) is 0 Å². The molecule has 24 heavy (non-hydrogen) atoms. The minimum atomic E-state index is -0.401. The van der Waals surface area contributed by atoms with Crippen molar-refractivity contribution in [3.63, 3.8) is 0 Å². The van der Waals surface area contributed by atoms with Crippen LogP contribution in [0, 0.1) is 0 Å². The summed E-state index contributed by atoms with van der Waals surface area (Å²) in [6.07, 6.45) is 0. The van der Waals surface area contributed by atoms with Crippen LogP contribution in [0.15, 0.2) is 51.8 Å².